The van der Waals surface area contributed by atoms with E-state index in [1.165, 1.54) is 0 Å². The van der Waals surface area contributed by atoms with Crippen LogP contribution in [0, 0.1) is 0 Å². The summed E-state index contributed by atoms with van der Waals surface area (Å²) in [5.74, 6) is 0.767. The number of fused-ring (bicyclic) bond motifs is 1. The molecule has 4 nitrogen and oxygen atoms in total. The fraction of sp³-hybridized carbons (Fsp3) is 0.0833. The Hall–Kier alpha value is -1.72. The van der Waals surface area contributed by atoms with Crippen LogP contribution in [0.2, 0.25) is 5.28 Å². The first-order valence-electron chi connectivity index (χ1n) is 5.36. The van der Waals surface area contributed by atoms with E-state index < -0.39 is 0 Å². The molecule has 0 radical (unpaired) electrons. The van der Waals surface area contributed by atoms with Crippen LogP contribution in [-0.4, -0.2) is 15.0 Å². The Labute approximate surface area is 113 Å². The molecule has 0 unspecified atom stereocenters. The molecule has 18 heavy (non-hydrogen) atoms. The van der Waals surface area contributed by atoms with Crippen molar-refractivity contribution in [3.05, 3.63) is 46.8 Å². The standard InChI is InChI=1S/C12H9ClN4S/c13-12-16-10(9-3-6-18-11(9)17-12)15-7-8-1-4-14-5-2-8/h1-6H,7H2,(H,15,16,17). The van der Waals surface area contributed by atoms with Crippen LogP contribution < -0.4 is 5.32 Å². The zero-order valence-electron chi connectivity index (χ0n) is 9.30. The van der Waals surface area contributed by atoms with E-state index in [1.807, 2.05) is 23.6 Å². The van der Waals surface area contributed by atoms with E-state index in [2.05, 4.69) is 20.3 Å². The number of hydrogen-bond donors (Lipinski definition) is 1. The third-order valence-corrected chi connectivity index (χ3v) is 3.48. The number of anilines is 1. The predicted molar refractivity (Wildman–Crippen MR) is 74.0 cm³/mol. The van der Waals surface area contributed by atoms with Crippen molar-refractivity contribution in [3.8, 4) is 0 Å². The van der Waals surface area contributed by atoms with E-state index >= 15 is 0 Å². The highest BCUT2D eigenvalue weighted by atomic mass is 35.5. The molecular formula is C12H9ClN4S. The van der Waals surface area contributed by atoms with Gasteiger partial charge in [-0.1, -0.05) is 0 Å². The van der Waals surface area contributed by atoms with E-state index in [9.17, 15) is 0 Å². The molecule has 0 aromatic carbocycles. The molecule has 0 aliphatic heterocycles. The molecule has 0 aliphatic carbocycles. The van der Waals surface area contributed by atoms with Gasteiger partial charge in [-0.05, 0) is 40.7 Å². The SMILES string of the molecule is Clc1nc(NCc2ccncc2)c2ccsc2n1. The van der Waals surface area contributed by atoms with Gasteiger partial charge >= 0.3 is 0 Å². The maximum atomic E-state index is 5.90. The highest BCUT2D eigenvalue weighted by Crippen LogP contribution is 2.26. The number of nitrogens with one attached hydrogen (secondary N) is 1. The topological polar surface area (TPSA) is 50.7 Å². The summed E-state index contributed by atoms with van der Waals surface area (Å²) in [6, 6.07) is 5.91. The smallest absolute Gasteiger partial charge is 0.225 e. The molecule has 0 saturated heterocycles. The summed E-state index contributed by atoms with van der Waals surface area (Å²) in [5, 5.41) is 6.52. The first-order chi connectivity index (χ1) is 8.83. The zero-order chi connectivity index (χ0) is 12.4. The lowest BCUT2D eigenvalue weighted by atomic mass is 10.2. The van der Waals surface area contributed by atoms with Gasteiger partial charge in [-0.2, -0.15) is 0 Å². The van der Waals surface area contributed by atoms with Gasteiger partial charge in [-0.3, -0.25) is 4.98 Å². The summed E-state index contributed by atoms with van der Waals surface area (Å²) in [6.07, 6.45) is 3.54. The monoisotopic (exact) mass is 276 g/mol. The van der Waals surface area contributed by atoms with Crippen molar-refractivity contribution in [1.82, 2.24) is 15.0 Å². The molecule has 90 valence electrons. The van der Waals surface area contributed by atoms with Crippen LogP contribution in [0.15, 0.2) is 36.0 Å². The summed E-state index contributed by atoms with van der Waals surface area (Å²) in [6.45, 7) is 0.681. The molecule has 3 aromatic rings. The number of pyridine rings is 1. The summed E-state index contributed by atoms with van der Waals surface area (Å²) in [7, 11) is 0. The molecule has 3 rings (SSSR count). The second kappa shape index (κ2) is 4.88. The molecule has 0 amide bonds. The van der Waals surface area contributed by atoms with Crippen molar-refractivity contribution in [2.75, 3.05) is 5.32 Å². The van der Waals surface area contributed by atoms with Gasteiger partial charge in [0.25, 0.3) is 0 Å². The second-order valence-corrected chi connectivity index (χ2v) is 4.92. The Morgan fingerprint density at radius 3 is 2.83 bits per heavy atom. The highest BCUT2D eigenvalue weighted by Gasteiger charge is 2.07. The normalized spacial score (nSPS) is 10.7. The molecule has 0 fully saturated rings. The van der Waals surface area contributed by atoms with Crippen molar-refractivity contribution < 1.29 is 0 Å². The predicted octanol–water partition coefficient (Wildman–Crippen LogP) is 3.35. The fourth-order valence-corrected chi connectivity index (χ4v) is 2.63. The van der Waals surface area contributed by atoms with E-state index in [1.54, 1.807) is 23.7 Å². The first-order valence-corrected chi connectivity index (χ1v) is 6.62. The van der Waals surface area contributed by atoms with Crippen molar-refractivity contribution in [2.45, 2.75) is 6.54 Å². The molecule has 6 heteroatoms. The number of halogens is 1. The Morgan fingerprint density at radius 1 is 1.17 bits per heavy atom. The van der Waals surface area contributed by atoms with Gasteiger partial charge in [0, 0.05) is 18.9 Å². The minimum absolute atomic E-state index is 0.266. The van der Waals surface area contributed by atoms with Crippen LogP contribution in [0.1, 0.15) is 5.56 Å². The summed E-state index contributed by atoms with van der Waals surface area (Å²) < 4.78 is 0. The third-order valence-electron chi connectivity index (χ3n) is 2.51. The molecule has 0 spiro atoms. The Bertz CT molecular complexity index is 668. The van der Waals surface area contributed by atoms with E-state index in [-0.39, 0.29) is 5.28 Å². The number of rotatable bonds is 3. The molecule has 0 saturated carbocycles. The van der Waals surface area contributed by atoms with Crippen molar-refractivity contribution in [1.29, 1.82) is 0 Å². The van der Waals surface area contributed by atoms with Gasteiger partial charge in [0.1, 0.15) is 10.6 Å². The van der Waals surface area contributed by atoms with Crippen molar-refractivity contribution >= 4 is 39.0 Å². The zero-order valence-corrected chi connectivity index (χ0v) is 10.9. The summed E-state index contributed by atoms with van der Waals surface area (Å²) in [5.41, 5.74) is 1.14. The summed E-state index contributed by atoms with van der Waals surface area (Å²) in [4.78, 5) is 13.3. The molecule has 3 heterocycles. The van der Waals surface area contributed by atoms with Crippen molar-refractivity contribution in [3.63, 3.8) is 0 Å². The molecule has 1 N–H and O–H groups in total. The van der Waals surface area contributed by atoms with Crippen molar-refractivity contribution in [2.24, 2.45) is 0 Å². The fourth-order valence-electron chi connectivity index (χ4n) is 1.65. The molecule has 3 aromatic heterocycles. The minimum atomic E-state index is 0.266. The highest BCUT2D eigenvalue weighted by molar-refractivity contribution is 7.16. The number of aromatic nitrogens is 3. The molecule has 0 atom stereocenters. The Morgan fingerprint density at radius 2 is 2.00 bits per heavy atom. The first kappa shape index (κ1) is 11.4. The van der Waals surface area contributed by atoms with Gasteiger partial charge < -0.3 is 5.32 Å². The average Bonchev–Trinajstić information content (AvgIpc) is 2.85. The average molecular weight is 277 g/mol. The summed E-state index contributed by atoms with van der Waals surface area (Å²) >= 11 is 7.45. The quantitative estimate of drug-likeness (QED) is 0.746. The van der Waals surface area contributed by atoms with Crippen LogP contribution in [-0.2, 0) is 6.54 Å². The van der Waals surface area contributed by atoms with Crippen LogP contribution >= 0.6 is 22.9 Å². The van der Waals surface area contributed by atoms with E-state index in [0.717, 1.165) is 21.6 Å². The second-order valence-electron chi connectivity index (χ2n) is 3.69. The Kier molecular flexibility index (Phi) is 3.08. The minimum Gasteiger partial charge on any atom is -0.365 e. The van der Waals surface area contributed by atoms with E-state index in [4.69, 9.17) is 11.6 Å². The number of nitrogens with zero attached hydrogens (tertiary/aromatic N) is 3. The lowest BCUT2D eigenvalue weighted by Gasteiger charge is -2.06. The van der Waals surface area contributed by atoms with Crippen LogP contribution in [0.3, 0.4) is 0 Å². The van der Waals surface area contributed by atoms with Crippen LogP contribution in [0.4, 0.5) is 5.82 Å². The number of thiophene rings is 1. The maximum Gasteiger partial charge on any atom is 0.225 e. The lowest BCUT2D eigenvalue weighted by Crippen LogP contribution is -2.02. The third kappa shape index (κ3) is 2.27. The Balaban J connectivity index is 1.88. The lowest BCUT2D eigenvalue weighted by molar-refractivity contribution is 1.09. The van der Waals surface area contributed by atoms with Crippen LogP contribution in [0.5, 0.6) is 0 Å². The van der Waals surface area contributed by atoms with Gasteiger partial charge in [0.05, 0.1) is 5.39 Å². The van der Waals surface area contributed by atoms with Gasteiger partial charge in [0.2, 0.25) is 5.28 Å². The maximum absolute atomic E-state index is 5.90. The van der Waals surface area contributed by atoms with Gasteiger partial charge in [-0.25, -0.2) is 9.97 Å². The largest absolute Gasteiger partial charge is 0.365 e. The molecular weight excluding hydrogens is 268 g/mol. The van der Waals surface area contributed by atoms with E-state index in [0.29, 0.717) is 6.54 Å². The van der Waals surface area contributed by atoms with Gasteiger partial charge in [-0.15, -0.1) is 11.3 Å². The number of hydrogen-bond acceptors (Lipinski definition) is 5. The molecule has 0 bridgehead atoms. The van der Waals surface area contributed by atoms with Gasteiger partial charge in [0.15, 0.2) is 0 Å². The molecule has 0 aliphatic rings. The van der Waals surface area contributed by atoms with Crippen LogP contribution in [0.25, 0.3) is 10.2 Å².